The van der Waals surface area contributed by atoms with E-state index in [0.29, 0.717) is 17.0 Å². The highest BCUT2D eigenvalue weighted by Gasteiger charge is 2.18. The van der Waals surface area contributed by atoms with Crippen molar-refractivity contribution in [1.82, 2.24) is 0 Å². The molecule has 0 N–H and O–H groups in total. The normalized spacial score (nSPS) is 11.6. The fourth-order valence-electron chi connectivity index (χ4n) is 2.61. The van der Waals surface area contributed by atoms with E-state index in [2.05, 4.69) is 0 Å². The molecule has 0 spiro atoms. The standard InChI is InChI=1S/C18H15ClO5S/c1-3-15-11(2)16-9-6-13(10-17(16)23-18(15)20)24-25(21,22)14-7-4-12(19)5-8-14/h4-10H,3H2,1-2H3. The Hall–Kier alpha value is -2.31. The van der Waals surface area contributed by atoms with Crippen molar-refractivity contribution in [1.29, 1.82) is 0 Å². The maximum absolute atomic E-state index is 12.3. The minimum absolute atomic E-state index is 0.0176. The van der Waals surface area contributed by atoms with Crippen LogP contribution in [0.2, 0.25) is 5.02 Å². The molecule has 0 fully saturated rings. The van der Waals surface area contributed by atoms with Gasteiger partial charge >= 0.3 is 15.7 Å². The second-order valence-corrected chi connectivity index (χ2v) is 7.48. The third kappa shape index (κ3) is 3.41. The minimum Gasteiger partial charge on any atom is -0.422 e. The van der Waals surface area contributed by atoms with Gasteiger partial charge in [0.25, 0.3) is 0 Å². The minimum atomic E-state index is -4.01. The molecule has 0 bridgehead atoms. The molecule has 5 nitrogen and oxygen atoms in total. The number of fused-ring (bicyclic) bond motifs is 1. The van der Waals surface area contributed by atoms with E-state index in [4.69, 9.17) is 20.2 Å². The molecule has 25 heavy (non-hydrogen) atoms. The van der Waals surface area contributed by atoms with Gasteiger partial charge in [0.1, 0.15) is 16.2 Å². The number of aryl methyl sites for hydroxylation is 1. The molecule has 2 aromatic carbocycles. The van der Waals surface area contributed by atoms with Gasteiger partial charge in [0.05, 0.1) is 0 Å². The molecule has 3 rings (SSSR count). The summed E-state index contributed by atoms with van der Waals surface area (Å²) >= 11 is 5.76. The molecule has 1 heterocycles. The van der Waals surface area contributed by atoms with Gasteiger partial charge in [0.2, 0.25) is 0 Å². The Labute approximate surface area is 149 Å². The van der Waals surface area contributed by atoms with Crippen LogP contribution in [-0.4, -0.2) is 8.42 Å². The van der Waals surface area contributed by atoms with E-state index < -0.39 is 15.7 Å². The fraction of sp³-hybridized carbons (Fsp3) is 0.167. The second kappa shape index (κ2) is 6.54. The van der Waals surface area contributed by atoms with Gasteiger partial charge in [-0.3, -0.25) is 0 Å². The molecule has 3 aromatic rings. The molecule has 0 saturated carbocycles. The Morgan fingerprint density at radius 2 is 1.80 bits per heavy atom. The van der Waals surface area contributed by atoms with Crippen molar-refractivity contribution in [3.05, 3.63) is 69.0 Å². The maximum atomic E-state index is 12.3. The van der Waals surface area contributed by atoms with Crippen LogP contribution in [0.4, 0.5) is 0 Å². The van der Waals surface area contributed by atoms with E-state index in [1.807, 2.05) is 13.8 Å². The van der Waals surface area contributed by atoms with Gasteiger partial charge in [-0.15, -0.1) is 0 Å². The molecule has 0 amide bonds. The number of halogens is 1. The van der Waals surface area contributed by atoms with Gasteiger partial charge in [0, 0.05) is 22.0 Å². The number of hydrogen-bond donors (Lipinski definition) is 0. The van der Waals surface area contributed by atoms with Crippen LogP contribution in [0.1, 0.15) is 18.1 Å². The van der Waals surface area contributed by atoms with E-state index in [1.165, 1.54) is 36.4 Å². The predicted octanol–water partition coefficient (Wildman–Crippen LogP) is 4.08. The summed E-state index contributed by atoms with van der Waals surface area (Å²) in [6.45, 7) is 3.71. The van der Waals surface area contributed by atoms with Crippen LogP contribution in [-0.2, 0) is 16.5 Å². The van der Waals surface area contributed by atoms with E-state index >= 15 is 0 Å². The summed E-state index contributed by atoms with van der Waals surface area (Å²) in [7, 11) is -4.01. The summed E-state index contributed by atoms with van der Waals surface area (Å²) in [4.78, 5) is 12.0. The molecule has 7 heteroatoms. The summed E-state index contributed by atoms with van der Waals surface area (Å²) < 4.78 is 35.1. The highest BCUT2D eigenvalue weighted by atomic mass is 35.5. The van der Waals surface area contributed by atoms with E-state index in [1.54, 1.807) is 6.07 Å². The summed E-state index contributed by atoms with van der Waals surface area (Å²) in [5, 5.41) is 1.17. The third-order valence-corrected chi connectivity index (χ3v) is 5.43. The van der Waals surface area contributed by atoms with Crippen molar-refractivity contribution in [2.45, 2.75) is 25.2 Å². The molecule has 0 saturated heterocycles. The molecule has 1 aromatic heterocycles. The molecule has 0 aliphatic heterocycles. The number of benzene rings is 2. The van der Waals surface area contributed by atoms with Gasteiger partial charge in [-0.1, -0.05) is 18.5 Å². The number of hydrogen-bond acceptors (Lipinski definition) is 5. The quantitative estimate of drug-likeness (QED) is 0.505. The van der Waals surface area contributed by atoms with Crippen LogP contribution in [0.25, 0.3) is 11.0 Å². The van der Waals surface area contributed by atoms with Crippen LogP contribution < -0.4 is 9.81 Å². The van der Waals surface area contributed by atoms with Gasteiger partial charge < -0.3 is 8.60 Å². The fourth-order valence-corrected chi connectivity index (χ4v) is 3.66. The zero-order chi connectivity index (χ0) is 18.2. The first kappa shape index (κ1) is 17.5. The summed E-state index contributed by atoms with van der Waals surface area (Å²) in [5.41, 5.74) is 1.28. The maximum Gasteiger partial charge on any atom is 0.339 e. The van der Waals surface area contributed by atoms with Crippen molar-refractivity contribution in [3.63, 3.8) is 0 Å². The Bertz CT molecular complexity index is 1100. The average Bonchev–Trinajstić information content (AvgIpc) is 2.55. The number of rotatable bonds is 4. The molecule has 0 aliphatic carbocycles. The summed E-state index contributed by atoms with van der Waals surface area (Å²) in [5.74, 6) is 0.0641. The van der Waals surface area contributed by atoms with E-state index in [-0.39, 0.29) is 16.2 Å². The lowest BCUT2D eigenvalue weighted by Crippen LogP contribution is -2.11. The lowest BCUT2D eigenvalue weighted by molar-refractivity contribution is 0.485. The van der Waals surface area contributed by atoms with E-state index in [0.717, 1.165) is 10.9 Å². The first-order valence-corrected chi connectivity index (χ1v) is 9.37. The lowest BCUT2D eigenvalue weighted by Gasteiger charge is -2.09. The summed E-state index contributed by atoms with van der Waals surface area (Å²) in [6.07, 6.45) is 0.563. The molecule has 0 unspecified atom stereocenters. The van der Waals surface area contributed by atoms with Crippen LogP contribution in [0.15, 0.2) is 56.6 Å². The molecule has 0 radical (unpaired) electrons. The Morgan fingerprint density at radius 3 is 2.44 bits per heavy atom. The molecular formula is C18H15ClO5S. The summed E-state index contributed by atoms with van der Waals surface area (Å²) in [6, 6.07) is 10.3. The van der Waals surface area contributed by atoms with Crippen LogP contribution in [0.3, 0.4) is 0 Å². The Morgan fingerprint density at radius 1 is 1.12 bits per heavy atom. The van der Waals surface area contributed by atoms with Crippen molar-refractivity contribution in [2.75, 3.05) is 0 Å². The van der Waals surface area contributed by atoms with Crippen molar-refractivity contribution < 1.29 is 17.0 Å². The topological polar surface area (TPSA) is 73.6 Å². The first-order valence-electron chi connectivity index (χ1n) is 7.58. The van der Waals surface area contributed by atoms with Crippen molar-refractivity contribution in [3.8, 4) is 5.75 Å². The zero-order valence-electron chi connectivity index (χ0n) is 13.6. The first-order chi connectivity index (χ1) is 11.8. The van der Waals surface area contributed by atoms with Crippen LogP contribution in [0.5, 0.6) is 5.75 Å². The monoisotopic (exact) mass is 378 g/mol. The largest absolute Gasteiger partial charge is 0.422 e. The highest BCUT2D eigenvalue weighted by molar-refractivity contribution is 7.87. The smallest absolute Gasteiger partial charge is 0.339 e. The predicted molar refractivity (Wildman–Crippen MR) is 95.9 cm³/mol. The van der Waals surface area contributed by atoms with Gasteiger partial charge in [-0.25, -0.2) is 4.79 Å². The van der Waals surface area contributed by atoms with Crippen molar-refractivity contribution >= 4 is 32.7 Å². The Balaban J connectivity index is 2.02. The molecular weight excluding hydrogens is 364 g/mol. The SMILES string of the molecule is CCc1c(C)c2ccc(OS(=O)(=O)c3ccc(Cl)cc3)cc2oc1=O. The molecule has 0 aliphatic rings. The van der Waals surface area contributed by atoms with E-state index in [9.17, 15) is 13.2 Å². The van der Waals surface area contributed by atoms with Crippen LogP contribution in [0, 0.1) is 6.92 Å². The zero-order valence-corrected chi connectivity index (χ0v) is 15.1. The molecule has 130 valence electrons. The molecule has 0 atom stereocenters. The van der Waals surface area contributed by atoms with Gasteiger partial charge in [0.15, 0.2) is 0 Å². The third-order valence-electron chi connectivity index (χ3n) is 3.92. The lowest BCUT2D eigenvalue weighted by atomic mass is 10.0. The van der Waals surface area contributed by atoms with Crippen molar-refractivity contribution in [2.24, 2.45) is 0 Å². The van der Waals surface area contributed by atoms with Gasteiger partial charge in [-0.05, 0) is 55.3 Å². The van der Waals surface area contributed by atoms with Crippen LogP contribution >= 0.6 is 11.6 Å². The highest BCUT2D eigenvalue weighted by Crippen LogP contribution is 2.26. The Kier molecular flexibility index (Phi) is 4.58. The van der Waals surface area contributed by atoms with Gasteiger partial charge in [-0.2, -0.15) is 8.42 Å². The second-order valence-electron chi connectivity index (χ2n) is 5.50. The average molecular weight is 379 g/mol.